The van der Waals surface area contributed by atoms with Crippen molar-refractivity contribution in [1.29, 1.82) is 0 Å². The third-order valence-corrected chi connectivity index (χ3v) is 3.01. The summed E-state index contributed by atoms with van der Waals surface area (Å²) in [6, 6.07) is 9.79. The van der Waals surface area contributed by atoms with Crippen molar-refractivity contribution in [3.8, 4) is 0 Å². The molecule has 0 bridgehead atoms. The summed E-state index contributed by atoms with van der Waals surface area (Å²) in [7, 11) is 1.44. The van der Waals surface area contributed by atoms with Gasteiger partial charge in [-0.05, 0) is 18.5 Å². The average molecular weight is 231 g/mol. The lowest BCUT2D eigenvalue weighted by Crippen LogP contribution is -2.39. The molecule has 0 aliphatic carbocycles. The largest absolute Gasteiger partial charge is 0.468 e. The summed E-state index contributed by atoms with van der Waals surface area (Å²) in [6.07, 6.45) is 5.18. The number of nitrogens with one attached hydrogen (secondary N) is 1. The minimum atomic E-state index is -0.266. The second-order valence-corrected chi connectivity index (χ2v) is 4.11. The average Bonchev–Trinajstić information content (AvgIpc) is 2.41. The van der Waals surface area contributed by atoms with Crippen molar-refractivity contribution < 1.29 is 9.53 Å². The van der Waals surface area contributed by atoms with E-state index in [0.29, 0.717) is 0 Å². The van der Waals surface area contributed by atoms with Crippen molar-refractivity contribution in [2.45, 2.75) is 18.4 Å². The molecule has 1 aliphatic rings. The van der Waals surface area contributed by atoms with E-state index in [-0.39, 0.29) is 17.9 Å². The molecule has 3 heteroatoms. The molecule has 1 N–H and O–H groups in total. The third kappa shape index (κ3) is 2.74. The molecule has 1 aliphatic heterocycles. The lowest BCUT2D eigenvalue weighted by atomic mass is 9.90. The second kappa shape index (κ2) is 5.64. The fourth-order valence-electron chi connectivity index (χ4n) is 2.15. The number of benzene rings is 1. The molecule has 1 aromatic rings. The van der Waals surface area contributed by atoms with Crippen molar-refractivity contribution in [2.75, 3.05) is 13.7 Å². The van der Waals surface area contributed by atoms with E-state index in [1.54, 1.807) is 0 Å². The van der Waals surface area contributed by atoms with Gasteiger partial charge in [0.05, 0.1) is 7.11 Å². The fraction of sp³-hybridized carbons (Fsp3) is 0.357. The molecule has 2 rings (SSSR count). The van der Waals surface area contributed by atoms with Gasteiger partial charge in [-0.2, -0.15) is 0 Å². The first-order valence-electron chi connectivity index (χ1n) is 5.86. The van der Waals surface area contributed by atoms with Crippen LogP contribution >= 0.6 is 0 Å². The van der Waals surface area contributed by atoms with Crippen molar-refractivity contribution in [1.82, 2.24) is 5.32 Å². The normalized spacial score (nSPS) is 20.9. The molecule has 0 fully saturated rings. The lowest BCUT2D eigenvalue weighted by molar-refractivity contribution is -0.142. The summed E-state index contributed by atoms with van der Waals surface area (Å²) in [5.74, 6) is -0.460. The van der Waals surface area contributed by atoms with Gasteiger partial charge in [-0.1, -0.05) is 42.5 Å². The predicted molar refractivity (Wildman–Crippen MR) is 66.7 cm³/mol. The van der Waals surface area contributed by atoms with Gasteiger partial charge < -0.3 is 10.1 Å². The molecule has 0 amide bonds. The van der Waals surface area contributed by atoms with E-state index in [9.17, 15) is 4.79 Å². The van der Waals surface area contributed by atoms with Gasteiger partial charge in [0.1, 0.15) is 5.92 Å². The van der Waals surface area contributed by atoms with Gasteiger partial charge in [0.25, 0.3) is 0 Å². The van der Waals surface area contributed by atoms with Gasteiger partial charge in [-0.3, -0.25) is 4.79 Å². The van der Waals surface area contributed by atoms with Gasteiger partial charge in [0.15, 0.2) is 0 Å². The van der Waals surface area contributed by atoms with Crippen LogP contribution in [0.3, 0.4) is 0 Å². The zero-order valence-corrected chi connectivity index (χ0v) is 9.93. The molecule has 0 saturated carbocycles. The van der Waals surface area contributed by atoms with E-state index >= 15 is 0 Å². The van der Waals surface area contributed by atoms with E-state index in [1.165, 1.54) is 7.11 Å². The number of esters is 1. The summed E-state index contributed by atoms with van der Waals surface area (Å²) in [5.41, 5.74) is 0.989. The molecule has 1 heterocycles. The zero-order chi connectivity index (χ0) is 12.1. The first kappa shape index (κ1) is 11.9. The highest BCUT2D eigenvalue weighted by Crippen LogP contribution is 2.23. The van der Waals surface area contributed by atoms with Gasteiger partial charge in [-0.25, -0.2) is 0 Å². The number of carbonyl (C=O) groups excluding carboxylic acids is 1. The fourth-order valence-corrected chi connectivity index (χ4v) is 2.15. The van der Waals surface area contributed by atoms with Crippen LogP contribution in [0.1, 0.15) is 17.9 Å². The molecular weight excluding hydrogens is 214 g/mol. The summed E-state index contributed by atoms with van der Waals surface area (Å²) < 4.78 is 4.91. The minimum Gasteiger partial charge on any atom is -0.468 e. The van der Waals surface area contributed by atoms with E-state index in [0.717, 1.165) is 18.5 Å². The zero-order valence-electron chi connectivity index (χ0n) is 9.93. The smallest absolute Gasteiger partial charge is 0.315 e. The lowest BCUT2D eigenvalue weighted by Gasteiger charge is -2.26. The summed E-state index contributed by atoms with van der Waals surface area (Å²) in [4.78, 5) is 11.9. The summed E-state index contributed by atoms with van der Waals surface area (Å²) in [5, 5.41) is 3.35. The Bertz CT molecular complexity index is 400. The topological polar surface area (TPSA) is 38.3 Å². The number of methoxy groups -OCH3 is 1. The Morgan fingerprint density at radius 1 is 1.41 bits per heavy atom. The number of rotatable bonds is 3. The summed E-state index contributed by atoms with van der Waals surface area (Å²) >= 11 is 0. The van der Waals surface area contributed by atoms with Crippen molar-refractivity contribution in [2.24, 2.45) is 0 Å². The first-order chi connectivity index (χ1) is 8.33. The Kier molecular flexibility index (Phi) is 3.94. The van der Waals surface area contributed by atoms with E-state index in [1.807, 2.05) is 30.3 Å². The van der Waals surface area contributed by atoms with Crippen LogP contribution in [0.5, 0.6) is 0 Å². The van der Waals surface area contributed by atoms with E-state index < -0.39 is 0 Å². The molecule has 1 aromatic carbocycles. The van der Waals surface area contributed by atoms with Crippen molar-refractivity contribution >= 4 is 5.97 Å². The van der Waals surface area contributed by atoms with Crippen LogP contribution in [0, 0.1) is 0 Å². The van der Waals surface area contributed by atoms with Crippen LogP contribution in [0.25, 0.3) is 0 Å². The number of hydrogen-bond donors (Lipinski definition) is 1. The highest BCUT2D eigenvalue weighted by Gasteiger charge is 2.29. The molecule has 2 atom stereocenters. The highest BCUT2D eigenvalue weighted by atomic mass is 16.5. The maximum atomic E-state index is 11.9. The maximum Gasteiger partial charge on any atom is 0.315 e. The van der Waals surface area contributed by atoms with Crippen LogP contribution in [0.4, 0.5) is 0 Å². The van der Waals surface area contributed by atoms with Crippen LogP contribution in [0.15, 0.2) is 42.5 Å². The number of ether oxygens (including phenoxy) is 1. The molecular formula is C14H17NO2. The van der Waals surface area contributed by atoms with Gasteiger partial charge >= 0.3 is 5.97 Å². The predicted octanol–water partition coefficient (Wildman–Crippen LogP) is 1.86. The van der Waals surface area contributed by atoms with Crippen molar-refractivity contribution in [3.05, 3.63) is 48.0 Å². The molecule has 0 radical (unpaired) electrons. The van der Waals surface area contributed by atoms with Gasteiger partial charge in [0.2, 0.25) is 0 Å². The third-order valence-electron chi connectivity index (χ3n) is 3.01. The maximum absolute atomic E-state index is 11.9. The second-order valence-electron chi connectivity index (χ2n) is 4.11. The Labute approximate surface area is 101 Å². The Morgan fingerprint density at radius 2 is 2.18 bits per heavy atom. The highest BCUT2D eigenvalue weighted by molar-refractivity contribution is 5.79. The molecule has 0 unspecified atom stereocenters. The Balaban J connectivity index is 2.28. The number of hydrogen-bond acceptors (Lipinski definition) is 3. The van der Waals surface area contributed by atoms with E-state index in [2.05, 4.69) is 17.5 Å². The van der Waals surface area contributed by atoms with Crippen molar-refractivity contribution in [3.63, 3.8) is 0 Å². The number of carbonyl (C=O) groups is 1. The summed E-state index contributed by atoms with van der Waals surface area (Å²) in [6.45, 7) is 0.904. The molecule has 0 aromatic heterocycles. The van der Waals surface area contributed by atoms with Crippen LogP contribution in [-0.2, 0) is 9.53 Å². The molecule has 0 spiro atoms. The first-order valence-corrected chi connectivity index (χ1v) is 5.86. The quantitative estimate of drug-likeness (QED) is 0.637. The molecule has 90 valence electrons. The van der Waals surface area contributed by atoms with E-state index in [4.69, 9.17) is 4.74 Å². The molecule has 0 saturated heterocycles. The van der Waals surface area contributed by atoms with Crippen LogP contribution in [-0.4, -0.2) is 25.7 Å². The Hall–Kier alpha value is -1.61. The van der Waals surface area contributed by atoms with Gasteiger partial charge in [-0.15, -0.1) is 0 Å². The SMILES string of the molecule is COC(=O)[C@@H](c1ccccc1)[C@@H]1C=CCCN1. The van der Waals surface area contributed by atoms with Crippen LogP contribution < -0.4 is 5.32 Å². The van der Waals surface area contributed by atoms with Gasteiger partial charge in [0, 0.05) is 6.04 Å². The minimum absolute atomic E-state index is 0.0265. The monoisotopic (exact) mass is 231 g/mol. The Morgan fingerprint density at radius 3 is 2.76 bits per heavy atom. The standard InChI is InChI=1S/C14H17NO2/c1-17-14(16)13(11-7-3-2-4-8-11)12-9-5-6-10-15-12/h2-5,7-9,12-13,15H,6,10H2,1H3/t12-,13-/m0/s1. The van der Waals surface area contributed by atoms with Crippen LogP contribution in [0.2, 0.25) is 0 Å². The molecule has 3 nitrogen and oxygen atoms in total. The molecule has 17 heavy (non-hydrogen) atoms.